The molecule has 3 aromatic rings. The average Bonchev–Trinajstić information content (AvgIpc) is 2.65. The highest BCUT2D eigenvalue weighted by Crippen LogP contribution is 2.33. The summed E-state index contributed by atoms with van der Waals surface area (Å²) in [5, 5.41) is 2.22. The van der Waals surface area contributed by atoms with Gasteiger partial charge in [0, 0.05) is 6.20 Å². The maximum Gasteiger partial charge on any atom is 0.416 e. The first-order valence-corrected chi connectivity index (χ1v) is 8.55. The van der Waals surface area contributed by atoms with E-state index < -0.39 is 23.2 Å². The minimum atomic E-state index is -4.58. The van der Waals surface area contributed by atoms with Crippen molar-refractivity contribution in [3.05, 3.63) is 98.9 Å². The minimum Gasteiger partial charge on any atom is -0.320 e. The van der Waals surface area contributed by atoms with E-state index in [1.807, 2.05) is 30.3 Å². The molecule has 28 heavy (non-hydrogen) atoms. The van der Waals surface area contributed by atoms with Crippen LogP contribution in [0, 0.1) is 0 Å². The molecule has 0 aliphatic heterocycles. The van der Waals surface area contributed by atoms with Crippen molar-refractivity contribution >= 4 is 23.2 Å². The number of nitrogens with zero attached hydrogens (tertiary/aromatic N) is 1. The van der Waals surface area contributed by atoms with Crippen LogP contribution in [0.15, 0.2) is 71.7 Å². The summed E-state index contributed by atoms with van der Waals surface area (Å²) >= 11 is 5.89. The van der Waals surface area contributed by atoms with Crippen molar-refractivity contribution in [3.63, 3.8) is 0 Å². The first-order valence-electron chi connectivity index (χ1n) is 8.17. The topological polar surface area (TPSA) is 51.1 Å². The molecule has 0 unspecified atom stereocenters. The van der Waals surface area contributed by atoms with Gasteiger partial charge < -0.3 is 9.88 Å². The maximum atomic E-state index is 12.9. The first-order chi connectivity index (χ1) is 13.3. The van der Waals surface area contributed by atoms with Crippen LogP contribution in [0.25, 0.3) is 0 Å². The van der Waals surface area contributed by atoms with Gasteiger partial charge in [-0.1, -0.05) is 41.9 Å². The lowest BCUT2D eigenvalue weighted by Gasteiger charge is -2.12. The number of aromatic nitrogens is 1. The third-order valence-electron chi connectivity index (χ3n) is 4.00. The summed E-state index contributed by atoms with van der Waals surface area (Å²) in [7, 11) is 0. The number of carbonyl (C=O) groups excluding carboxylic acids is 1. The molecule has 2 aromatic carbocycles. The van der Waals surface area contributed by atoms with Gasteiger partial charge in [0.05, 0.1) is 22.8 Å². The normalized spacial score (nSPS) is 11.3. The maximum absolute atomic E-state index is 12.9. The molecule has 144 valence electrons. The summed E-state index contributed by atoms with van der Waals surface area (Å²) in [5.74, 6) is -0.839. The Morgan fingerprint density at radius 1 is 1.04 bits per heavy atom. The molecule has 3 rings (SSSR count). The standard InChI is InChI=1S/C20H14ClF3N2O2/c21-16-9-8-14(20(22,23)24)11-17(16)25-18(27)15-7-4-10-26(19(15)28)12-13-5-2-1-3-6-13/h1-11H,12H2,(H,25,27). The Hall–Kier alpha value is -3.06. The summed E-state index contributed by atoms with van der Waals surface area (Å²) in [6.07, 6.45) is -3.05. The molecule has 8 heteroatoms. The van der Waals surface area contributed by atoms with Gasteiger partial charge in [-0.15, -0.1) is 0 Å². The SMILES string of the molecule is O=C(Nc1cc(C(F)(F)F)ccc1Cl)c1cccn(Cc2ccccc2)c1=O. The van der Waals surface area contributed by atoms with Crippen LogP contribution in [0.4, 0.5) is 18.9 Å². The monoisotopic (exact) mass is 406 g/mol. The number of hydrogen-bond donors (Lipinski definition) is 1. The number of rotatable bonds is 4. The highest BCUT2D eigenvalue weighted by atomic mass is 35.5. The number of carbonyl (C=O) groups is 1. The van der Waals surface area contributed by atoms with Crippen LogP contribution in [0.1, 0.15) is 21.5 Å². The van der Waals surface area contributed by atoms with Crippen molar-refractivity contribution in [2.45, 2.75) is 12.7 Å². The second-order valence-corrected chi connectivity index (χ2v) is 6.39. The molecular formula is C20H14ClF3N2O2. The number of alkyl halides is 3. The molecular weight excluding hydrogens is 393 g/mol. The van der Waals surface area contributed by atoms with E-state index >= 15 is 0 Å². The van der Waals surface area contributed by atoms with Crippen molar-refractivity contribution in [3.8, 4) is 0 Å². The third kappa shape index (κ3) is 4.43. The summed E-state index contributed by atoms with van der Waals surface area (Å²) < 4.78 is 40.0. The lowest BCUT2D eigenvalue weighted by atomic mass is 10.1. The van der Waals surface area contributed by atoms with Gasteiger partial charge >= 0.3 is 6.18 Å². The second kappa shape index (κ2) is 7.90. The van der Waals surface area contributed by atoms with Crippen LogP contribution in [0.5, 0.6) is 0 Å². The highest BCUT2D eigenvalue weighted by Gasteiger charge is 2.31. The second-order valence-electron chi connectivity index (χ2n) is 5.99. The number of anilines is 1. The molecule has 0 aliphatic rings. The van der Waals surface area contributed by atoms with E-state index in [1.165, 1.54) is 22.9 Å². The summed E-state index contributed by atoms with van der Waals surface area (Å²) in [5.41, 5.74) is -1.08. The number of benzene rings is 2. The molecule has 0 aliphatic carbocycles. The predicted molar refractivity (Wildman–Crippen MR) is 101 cm³/mol. The van der Waals surface area contributed by atoms with Gasteiger partial charge in [-0.05, 0) is 35.9 Å². The lowest BCUT2D eigenvalue weighted by molar-refractivity contribution is -0.137. The van der Waals surface area contributed by atoms with E-state index in [-0.39, 0.29) is 22.8 Å². The van der Waals surface area contributed by atoms with Gasteiger partial charge in [0.1, 0.15) is 5.56 Å². The van der Waals surface area contributed by atoms with Crippen molar-refractivity contribution in [2.24, 2.45) is 0 Å². The molecule has 1 amide bonds. The molecule has 0 atom stereocenters. The largest absolute Gasteiger partial charge is 0.416 e. The van der Waals surface area contributed by atoms with Crippen molar-refractivity contribution < 1.29 is 18.0 Å². The zero-order valence-corrected chi connectivity index (χ0v) is 15.1. The summed E-state index contributed by atoms with van der Waals surface area (Å²) in [4.78, 5) is 25.1. The van der Waals surface area contributed by atoms with E-state index in [4.69, 9.17) is 11.6 Å². The zero-order valence-electron chi connectivity index (χ0n) is 14.3. The van der Waals surface area contributed by atoms with E-state index in [1.54, 1.807) is 0 Å². The van der Waals surface area contributed by atoms with E-state index in [0.717, 1.165) is 23.8 Å². The lowest BCUT2D eigenvalue weighted by Crippen LogP contribution is -2.29. The van der Waals surface area contributed by atoms with Crippen molar-refractivity contribution in [1.29, 1.82) is 0 Å². The van der Waals surface area contributed by atoms with Gasteiger partial charge in [-0.2, -0.15) is 13.2 Å². The van der Waals surface area contributed by atoms with E-state index in [2.05, 4.69) is 5.32 Å². The number of nitrogens with one attached hydrogen (secondary N) is 1. The zero-order chi connectivity index (χ0) is 20.3. The van der Waals surface area contributed by atoms with Gasteiger partial charge in [-0.3, -0.25) is 9.59 Å². The number of amides is 1. The smallest absolute Gasteiger partial charge is 0.320 e. The third-order valence-corrected chi connectivity index (χ3v) is 4.33. The predicted octanol–water partition coefficient (Wildman–Crippen LogP) is 4.82. The number of pyridine rings is 1. The molecule has 0 saturated heterocycles. The van der Waals surface area contributed by atoms with Crippen LogP contribution in [0.2, 0.25) is 5.02 Å². The molecule has 4 nitrogen and oxygen atoms in total. The van der Waals surface area contributed by atoms with Gasteiger partial charge in [0.15, 0.2) is 0 Å². The van der Waals surface area contributed by atoms with E-state index in [9.17, 15) is 22.8 Å². The molecule has 1 heterocycles. The van der Waals surface area contributed by atoms with Crippen LogP contribution >= 0.6 is 11.6 Å². The van der Waals surface area contributed by atoms with E-state index in [0.29, 0.717) is 0 Å². The Morgan fingerprint density at radius 3 is 2.43 bits per heavy atom. The molecule has 0 spiro atoms. The molecule has 1 aromatic heterocycles. The summed E-state index contributed by atoms with van der Waals surface area (Å²) in [6.45, 7) is 0.255. The molecule has 1 N–H and O–H groups in total. The fourth-order valence-electron chi connectivity index (χ4n) is 2.60. The van der Waals surface area contributed by atoms with Crippen LogP contribution in [-0.2, 0) is 12.7 Å². The fraction of sp³-hybridized carbons (Fsp3) is 0.100. The van der Waals surface area contributed by atoms with Crippen molar-refractivity contribution in [1.82, 2.24) is 4.57 Å². The molecule has 0 bridgehead atoms. The average molecular weight is 407 g/mol. The van der Waals surface area contributed by atoms with Gasteiger partial charge in [0.2, 0.25) is 0 Å². The quantitative estimate of drug-likeness (QED) is 0.675. The minimum absolute atomic E-state index is 0.0677. The first kappa shape index (κ1) is 19.7. The Labute approximate surface area is 163 Å². The molecule has 0 saturated carbocycles. The Balaban J connectivity index is 1.88. The van der Waals surface area contributed by atoms with Crippen LogP contribution in [-0.4, -0.2) is 10.5 Å². The Morgan fingerprint density at radius 2 is 1.75 bits per heavy atom. The number of halogens is 4. The number of hydrogen-bond acceptors (Lipinski definition) is 2. The Bertz CT molecular complexity index is 1060. The van der Waals surface area contributed by atoms with Crippen molar-refractivity contribution in [2.75, 3.05) is 5.32 Å². The molecule has 0 radical (unpaired) electrons. The summed E-state index contributed by atoms with van der Waals surface area (Å²) in [6, 6.07) is 14.6. The van der Waals surface area contributed by atoms with Crippen LogP contribution < -0.4 is 10.9 Å². The van der Waals surface area contributed by atoms with Gasteiger partial charge in [0.25, 0.3) is 11.5 Å². The highest BCUT2D eigenvalue weighted by molar-refractivity contribution is 6.34. The fourth-order valence-corrected chi connectivity index (χ4v) is 2.77. The Kier molecular flexibility index (Phi) is 5.56. The van der Waals surface area contributed by atoms with Gasteiger partial charge in [-0.25, -0.2) is 0 Å². The molecule has 0 fully saturated rings. The van der Waals surface area contributed by atoms with Crippen LogP contribution in [0.3, 0.4) is 0 Å².